The third-order valence-electron chi connectivity index (χ3n) is 2.45. The van der Waals surface area contributed by atoms with Crippen LogP contribution in [0.25, 0.3) is 0 Å². The number of thioether (sulfide) groups is 1. The van der Waals surface area contributed by atoms with Gasteiger partial charge in [0.25, 0.3) is 5.91 Å². The maximum atomic E-state index is 11.8. The van der Waals surface area contributed by atoms with Gasteiger partial charge < -0.3 is 15.4 Å². The van der Waals surface area contributed by atoms with Gasteiger partial charge in [-0.15, -0.1) is 0 Å². The molecule has 0 radical (unpaired) electrons. The number of aromatic amines is 1. The number of aromatic nitrogens is 1. The Balaban J connectivity index is 2.63. The van der Waals surface area contributed by atoms with Gasteiger partial charge in [0.15, 0.2) is 0 Å². The van der Waals surface area contributed by atoms with Gasteiger partial charge in [0.1, 0.15) is 17.5 Å². The van der Waals surface area contributed by atoms with E-state index in [-0.39, 0.29) is 23.8 Å². The molecule has 0 spiro atoms. The zero-order chi connectivity index (χ0) is 12.8. The number of aliphatic hydroxyl groups is 1. The Morgan fingerprint density at radius 3 is 2.88 bits per heavy atom. The summed E-state index contributed by atoms with van der Waals surface area (Å²) in [6.07, 6.45) is 1.88. The summed E-state index contributed by atoms with van der Waals surface area (Å²) in [6, 6.07) is 4.90. The number of nitriles is 1. The van der Waals surface area contributed by atoms with Gasteiger partial charge in [0.2, 0.25) is 0 Å². The first-order valence-corrected chi connectivity index (χ1v) is 6.44. The Labute approximate surface area is 104 Å². The maximum Gasteiger partial charge on any atom is 0.267 e. The van der Waals surface area contributed by atoms with Crippen molar-refractivity contribution < 1.29 is 9.90 Å². The minimum atomic E-state index is -0.272. The molecule has 0 saturated carbocycles. The molecule has 0 aliphatic carbocycles. The summed E-state index contributed by atoms with van der Waals surface area (Å²) in [4.78, 5) is 14.5. The molecule has 2 atom stereocenters. The normalized spacial score (nSPS) is 13.8. The molecular weight excluding hydrogens is 238 g/mol. The molecule has 1 aromatic heterocycles. The number of amides is 1. The van der Waals surface area contributed by atoms with Crippen LogP contribution >= 0.6 is 11.8 Å². The second-order valence-corrected chi connectivity index (χ2v) is 4.69. The van der Waals surface area contributed by atoms with Crippen molar-refractivity contribution in [1.29, 1.82) is 5.26 Å². The molecule has 1 aromatic rings. The molecule has 0 aromatic carbocycles. The van der Waals surface area contributed by atoms with Crippen LogP contribution in [-0.2, 0) is 0 Å². The zero-order valence-corrected chi connectivity index (χ0v) is 10.5. The van der Waals surface area contributed by atoms with Gasteiger partial charge in [-0.2, -0.15) is 17.0 Å². The van der Waals surface area contributed by atoms with Gasteiger partial charge in [-0.05, 0) is 25.3 Å². The van der Waals surface area contributed by atoms with Crippen molar-refractivity contribution in [1.82, 2.24) is 10.3 Å². The largest absolute Gasteiger partial charge is 0.395 e. The minimum absolute atomic E-state index is 0.0107. The number of carbonyl (C=O) groups excluding carboxylic acids is 1. The lowest BCUT2D eigenvalue weighted by Gasteiger charge is -2.20. The van der Waals surface area contributed by atoms with E-state index in [1.54, 1.807) is 12.1 Å². The van der Waals surface area contributed by atoms with Gasteiger partial charge in [0, 0.05) is 11.3 Å². The average Bonchev–Trinajstić information content (AvgIpc) is 2.79. The highest BCUT2D eigenvalue weighted by molar-refractivity contribution is 7.99. The number of hydrogen-bond acceptors (Lipinski definition) is 4. The predicted molar refractivity (Wildman–Crippen MR) is 66.8 cm³/mol. The van der Waals surface area contributed by atoms with E-state index in [9.17, 15) is 4.79 Å². The van der Waals surface area contributed by atoms with Crippen molar-refractivity contribution in [2.45, 2.75) is 18.2 Å². The van der Waals surface area contributed by atoms with Crippen LogP contribution in [0.5, 0.6) is 0 Å². The fourth-order valence-electron chi connectivity index (χ4n) is 1.41. The maximum absolute atomic E-state index is 11.8. The molecule has 5 nitrogen and oxygen atoms in total. The van der Waals surface area contributed by atoms with Gasteiger partial charge >= 0.3 is 0 Å². The first-order chi connectivity index (χ1) is 8.12. The summed E-state index contributed by atoms with van der Waals surface area (Å²) in [7, 11) is 0. The quantitative estimate of drug-likeness (QED) is 0.721. The molecular formula is C11H15N3O2S. The molecule has 92 valence electrons. The van der Waals surface area contributed by atoms with Gasteiger partial charge in [-0.25, -0.2) is 0 Å². The van der Waals surface area contributed by atoms with Gasteiger partial charge in [0.05, 0.1) is 6.61 Å². The topological polar surface area (TPSA) is 88.9 Å². The van der Waals surface area contributed by atoms with Crippen LogP contribution in [0.1, 0.15) is 23.1 Å². The molecule has 1 amide bonds. The Hall–Kier alpha value is -1.45. The van der Waals surface area contributed by atoms with Crippen LogP contribution in [0.3, 0.4) is 0 Å². The molecule has 1 heterocycles. The summed E-state index contributed by atoms with van der Waals surface area (Å²) in [5.41, 5.74) is 0.706. The molecule has 0 aliphatic rings. The van der Waals surface area contributed by atoms with Crippen molar-refractivity contribution >= 4 is 17.7 Å². The Bertz CT molecular complexity index is 421. The zero-order valence-electron chi connectivity index (χ0n) is 9.73. The molecule has 0 aliphatic heterocycles. The molecule has 1 rings (SSSR count). The fourth-order valence-corrected chi connectivity index (χ4v) is 2.03. The molecule has 0 fully saturated rings. The summed E-state index contributed by atoms with van der Waals surface area (Å²) in [5, 5.41) is 20.5. The molecule has 6 heteroatoms. The van der Waals surface area contributed by atoms with Crippen molar-refractivity contribution in [2.75, 3.05) is 12.9 Å². The monoisotopic (exact) mass is 253 g/mol. The average molecular weight is 253 g/mol. The van der Waals surface area contributed by atoms with Crippen LogP contribution < -0.4 is 5.32 Å². The van der Waals surface area contributed by atoms with Crippen molar-refractivity contribution in [3.63, 3.8) is 0 Å². The third-order valence-corrected chi connectivity index (χ3v) is 3.61. The van der Waals surface area contributed by atoms with Crippen LogP contribution in [-0.4, -0.2) is 40.2 Å². The van der Waals surface area contributed by atoms with Crippen LogP contribution in [0.15, 0.2) is 12.1 Å². The highest BCUT2D eigenvalue weighted by Crippen LogP contribution is 2.11. The number of H-pyrrole nitrogens is 1. The number of hydrogen-bond donors (Lipinski definition) is 3. The van der Waals surface area contributed by atoms with E-state index in [1.165, 1.54) is 11.8 Å². The highest BCUT2D eigenvalue weighted by atomic mass is 32.2. The van der Waals surface area contributed by atoms with Gasteiger partial charge in [-0.1, -0.05) is 0 Å². The summed E-state index contributed by atoms with van der Waals surface area (Å²) in [6.45, 7) is 1.85. The van der Waals surface area contributed by atoms with Crippen LogP contribution in [0.4, 0.5) is 0 Å². The van der Waals surface area contributed by atoms with Crippen LogP contribution in [0.2, 0.25) is 0 Å². The number of nitrogens with zero attached hydrogens (tertiary/aromatic N) is 1. The molecule has 0 bridgehead atoms. The third kappa shape index (κ3) is 3.51. The SMILES string of the molecule is CSC(CO)C(C)NC(=O)c1ccc(C#N)[nH]1. The lowest BCUT2D eigenvalue weighted by atomic mass is 10.2. The number of aliphatic hydroxyl groups excluding tert-OH is 1. The molecule has 0 saturated heterocycles. The summed E-state index contributed by atoms with van der Waals surface area (Å²) in [5.74, 6) is -0.272. The first-order valence-electron chi connectivity index (χ1n) is 5.16. The summed E-state index contributed by atoms with van der Waals surface area (Å²) < 4.78 is 0. The van der Waals surface area contributed by atoms with Crippen molar-refractivity contribution in [3.05, 3.63) is 23.5 Å². The lowest BCUT2D eigenvalue weighted by molar-refractivity contribution is 0.0931. The summed E-state index contributed by atoms with van der Waals surface area (Å²) >= 11 is 1.50. The number of rotatable bonds is 5. The van der Waals surface area contributed by atoms with E-state index in [0.29, 0.717) is 11.4 Å². The lowest BCUT2D eigenvalue weighted by Crippen LogP contribution is -2.41. The van der Waals surface area contributed by atoms with E-state index in [0.717, 1.165) is 0 Å². The molecule has 3 N–H and O–H groups in total. The number of carbonyl (C=O) groups is 1. The standard InChI is InChI=1S/C11H15N3O2S/c1-7(10(6-15)17-2)13-11(16)9-4-3-8(5-12)14-9/h3-4,7,10,14-15H,6H2,1-2H3,(H,13,16). The first kappa shape index (κ1) is 13.6. The minimum Gasteiger partial charge on any atom is -0.395 e. The van der Waals surface area contributed by atoms with Gasteiger partial charge in [-0.3, -0.25) is 4.79 Å². The van der Waals surface area contributed by atoms with E-state index >= 15 is 0 Å². The Morgan fingerprint density at radius 2 is 2.41 bits per heavy atom. The Morgan fingerprint density at radius 1 is 1.71 bits per heavy atom. The smallest absolute Gasteiger partial charge is 0.267 e. The highest BCUT2D eigenvalue weighted by Gasteiger charge is 2.18. The Kier molecular flexibility index (Phi) is 5.07. The van der Waals surface area contributed by atoms with E-state index in [4.69, 9.17) is 10.4 Å². The van der Waals surface area contributed by atoms with Crippen LogP contribution in [0, 0.1) is 11.3 Å². The van der Waals surface area contributed by atoms with E-state index in [2.05, 4.69) is 10.3 Å². The van der Waals surface area contributed by atoms with E-state index in [1.807, 2.05) is 19.2 Å². The second kappa shape index (κ2) is 6.33. The molecule has 2 unspecified atom stereocenters. The predicted octanol–water partition coefficient (Wildman–Crippen LogP) is 0.729. The van der Waals surface area contributed by atoms with Crippen molar-refractivity contribution in [3.8, 4) is 6.07 Å². The molecule has 17 heavy (non-hydrogen) atoms. The number of nitrogens with one attached hydrogen (secondary N) is 2. The fraction of sp³-hybridized carbons (Fsp3) is 0.455. The van der Waals surface area contributed by atoms with E-state index < -0.39 is 0 Å². The van der Waals surface area contributed by atoms with Crippen molar-refractivity contribution in [2.24, 2.45) is 0 Å². The second-order valence-electron chi connectivity index (χ2n) is 3.62.